The smallest absolute Gasteiger partial charge is 0.214 e. The van der Waals surface area contributed by atoms with Crippen molar-refractivity contribution in [3.05, 3.63) is 30.1 Å². The molecule has 2 aliphatic rings. The van der Waals surface area contributed by atoms with Gasteiger partial charge in [-0.1, -0.05) is 0 Å². The molecule has 0 aromatic carbocycles. The topological polar surface area (TPSA) is 94.7 Å². The molecule has 124 valence electrons. The minimum atomic E-state index is -3.10. The van der Waals surface area contributed by atoms with Crippen molar-refractivity contribution in [1.29, 1.82) is 0 Å². The van der Waals surface area contributed by atoms with E-state index in [2.05, 4.69) is 20.0 Å². The molecule has 0 aliphatic heterocycles. The number of hydrogen-bond acceptors (Lipinski definition) is 5. The van der Waals surface area contributed by atoms with Crippen LogP contribution in [0.5, 0.6) is 0 Å². The van der Waals surface area contributed by atoms with Gasteiger partial charge in [-0.15, -0.1) is 10.2 Å². The van der Waals surface area contributed by atoms with E-state index in [1.807, 2.05) is 23.9 Å². The summed E-state index contributed by atoms with van der Waals surface area (Å²) in [5.41, 5.74) is 0. The first-order valence-corrected chi connectivity index (χ1v) is 9.44. The molecule has 2 fully saturated rings. The molecule has 2 aliphatic carbocycles. The van der Waals surface area contributed by atoms with Crippen molar-refractivity contribution < 1.29 is 8.42 Å². The first-order chi connectivity index (χ1) is 11.0. The second-order valence-corrected chi connectivity index (χ2v) is 8.46. The summed E-state index contributed by atoms with van der Waals surface area (Å²) >= 11 is 0. The normalized spacial score (nSPS) is 24.6. The summed E-state index contributed by atoms with van der Waals surface area (Å²) in [6, 6.07) is 1.91. The fourth-order valence-corrected chi connectivity index (χ4v) is 4.65. The molecule has 8 nitrogen and oxygen atoms in total. The highest BCUT2D eigenvalue weighted by molar-refractivity contribution is 7.90. The molecule has 4 rings (SSSR count). The van der Waals surface area contributed by atoms with Crippen molar-refractivity contribution in [2.24, 2.45) is 7.05 Å². The number of nitrogens with one attached hydrogen (secondary N) is 1. The van der Waals surface area contributed by atoms with Crippen molar-refractivity contribution in [3.8, 4) is 0 Å². The van der Waals surface area contributed by atoms with E-state index in [0.717, 1.165) is 37.3 Å². The van der Waals surface area contributed by atoms with E-state index in [-0.39, 0.29) is 17.2 Å². The molecule has 2 heterocycles. The Bertz CT molecular complexity index is 787. The van der Waals surface area contributed by atoms with Crippen LogP contribution in [0.1, 0.15) is 43.3 Å². The van der Waals surface area contributed by atoms with Crippen molar-refractivity contribution in [3.63, 3.8) is 0 Å². The lowest BCUT2D eigenvalue weighted by Gasteiger charge is -2.34. The standard InChI is InChI=1S/C14H20N6O2S/c1-19-13(9-20-6-2-5-15-20)16-17-14(19)10-7-11(8-10)18-23(21,22)12-3-4-12/h2,5-6,10-12,18H,3-4,7-9H2,1H3. The van der Waals surface area contributed by atoms with Crippen LogP contribution in [0.25, 0.3) is 0 Å². The van der Waals surface area contributed by atoms with E-state index in [1.54, 1.807) is 10.9 Å². The molecule has 1 N–H and O–H groups in total. The van der Waals surface area contributed by atoms with Gasteiger partial charge in [0.15, 0.2) is 5.82 Å². The summed E-state index contributed by atoms with van der Waals surface area (Å²) in [4.78, 5) is 0. The van der Waals surface area contributed by atoms with E-state index in [9.17, 15) is 8.42 Å². The number of sulfonamides is 1. The Morgan fingerprint density at radius 2 is 2.09 bits per heavy atom. The molecule has 9 heteroatoms. The van der Waals surface area contributed by atoms with Crippen LogP contribution in [-0.4, -0.2) is 44.3 Å². The molecule has 0 saturated heterocycles. The van der Waals surface area contributed by atoms with Gasteiger partial charge in [-0.05, 0) is 31.7 Å². The van der Waals surface area contributed by atoms with Gasteiger partial charge in [0.1, 0.15) is 12.4 Å². The maximum absolute atomic E-state index is 11.9. The molecule has 0 radical (unpaired) electrons. The minimum Gasteiger partial charge on any atom is -0.316 e. The van der Waals surface area contributed by atoms with Crippen molar-refractivity contribution in [2.45, 2.75) is 49.4 Å². The Labute approximate surface area is 135 Å². The van der Waals surface area contributed by atoms with Crippen LogP contribution >= 0.6 is 0 Å². The van der Waals surface area contributed by atoms with E-state index in [1.165, 1.54) is 0 Å². The Balaban J connectivity index is 1.38. The lowest BCUT2D eigenvalue weighted by Crippen LogP contribution is -2.45. The average molecular weight is 336 g/mol. The van der Waals surface area contributed by atoms with Crippen molar-refractivity contribution in [1.82, 2.24) is 29.3 Å². The van der Waals surface area contributed by atoms with Crippen LogP contribution in [0.3, 0.4) is 0 Å². The highest BCUT2D eigenvalue weighted by atomic mass is 32.2. The predicted octanol–water partition coefficient (Wildman–Crippen LogP) is 0.388. The molecule has 2 saturated carbocycles. The van der Waals surface area contributed by atoms with Crippen LogP contribution in [0.4, 0.5) is 0 Å². The Morgan fingerprint density at radius 3 is 2.74 bits per heavy atom. The predicted molar refractivity (Wildman–Crippen MR) is 83.2 cm³/mol. The number of nitrogens with zero attached hydrogens (tertiary/aromatic N) is 5. The fourth-order valence-electron chi connectivity index (χ4n) is 3.04. The SMILES string of the molecule is Cn1c(Cn2cccn2)nnc1C1CC(NS(=O)(=O)C2CC2)C1. The minimum absolute atomic E-state index is 0.0388. The zero-order valence-electron chi connectivity index (χ0n) is 13.0. The second-order valence-electron chi connectivity index (χ2n) is 6.46. The first-order valence-electron chi connectivity index (χ1n) is 7.89. The van der Waals surface area contributed by atoms with Crippen LogP contribution in [0, 0.1) is 0 Å². The zero-order chi connectivity index (χ0) is 16.0. The second kappa shape index (κ2) is 5.41. The molecule has 0 atom stereocenters. The van der Waals surface area contributed by atoms with Crippen LogP contribution in [0.2, 0.25) is 0 Å². The molecule has 2 aromatic heterocycles. The van der Waals surface area contributed by atoms with Gasteiger partial charge < -0.3 is 4.57 Å². The molecular formula is C14H20N6O2S. The fraction of sp³-hybridized carbons (Fsp3) is 0.643. The van der Waals surface area contributed by atoms with Gasteiger partial charge in [-0.25, -0.2) is 13.1 Å². The maximum Gasteiger partial charge on any atom is 0.214 e. The number of hydrogen-bond donors (Lipinski definition) is 1. The van der Waals surface area contributed by atoms with E-state index < -0.39 is 10.0 Å². The number of aromatic nitrogens is 5. The summed E-state index contributed by atoms with van der Waals surface area (Å²) < 4.78 is 30.5. The molecule has 0 unspecified atom stereocenters. The molecule has 2 aromatic rings. The summed E-state index contributed by atoms with van der Waals surface area (Å²) in [6.07, 6.45) is 6.80. The average Bonchev–Trinajstić information content (AvgIpc) is 3.13. The molecule has 0 spiro atoms. The highest BCUT2D eigenvalue weighted by Gasteiger charge is 2.41. The van der Waals surface area contributed by atoms with Crippen molar-refractivity contribution in [2.75, 3.05) is 0 Å². The zero-order valence-corrected chi connectivity index (χ0v) is 13.8. The quantitative estimate of drug-likeness (QED) is 0.823. The van der Waals surface area contributed by atoms with Crippen LogP contribution < -0.4 is 4.72 Å². The van der Waals surface area contributed by atoms with Crippen molar-refractivity contribution >= 4 is 10.0 Å². The van der Waals surface area contributed by atoms with Gasteiger partial charge in [0.25, 0.3) is 0 Å². The summed E-state index contributed by atoms with van der Waals surface area (Å²) in [7, 11) is -1.14. The third kappa shape index (κ3) is 2.90. The number of rotatable bonds is 6. The first kappa shape index (κ1) is 14.8. The van der Waals surface area contributed by atoms with E-state index in [4.69, 9.17) is 0 Å². The molecular weight excluding hydrogens is 316 g/mol. The molecule has 0 bridgehead atoms. The van der Waals surface area contributed by atoms with Gasteiger partial charge in [-0.2, -0.15) is 5.10 Å². The van der Waals surface area contributed by atoms with Crippen LogP contribution in [0.15, 0.2) is 18.5 Å². The summed E-state index contributed by atoms with van der Waals surface area (Å²) in [5, 5.41) is 12.6. The summed E-state index contributed by atoms with van der Waals surface area (Å²) in [5.74, 6) is 2.05. The van der Waals surface area contributed by atoms with Gasteiger partial charge in [0, 0.05) is 31.4 Å². The van der Waals surface area contributed by atoms with Gasteiger partial charge in [-0.3, -0.25) is 4.68 Å². The molecule has 23 heavy (non-hydrogen) atoms. The van der Waals surface area contributed by atoms with Crippen LogP contribution in [-0.2, 0) is 23.6 Å². The largest absolute Gasteiger partial charge is 0.316 e. The maximum atomic E-state index is 11.9. The van der Waals surface area contributed by atoms with E-state index in [0.29, 0.717) is 6.54 Å². The Kier molecular flexibility index (Phi) is 3.49. The van der Waals surface area contributed by atoms with E-state index >= 15 is 0 Å². The lowest BCUT2D eigenvalue weighted by molar-refractivity contribution is 0.309. The Morgan fingerprint density at radius 1 is 1.30 bits per heavy atom. The van der Waals surface area contributed by atoms with Gasteiger partial charge >= 0.3 is 0 Å². The highest BCUT2D eigenvalue weighted by Crippen LogP contribution is 2.37. The summed E-state index contributed by atoms with van der Waals surface area (Å²) in [6.45, 7) is 0.584. The lowest BCUT2D eigenvalue weighted by atomic mass is 9.80. The Hall–Kier alpha value is -1.74. The molecule has 0 amide bonds. The monoisotopic (exact) mass is 336 g/mol. The third-order valence-corrected chi connectivity index (χ3v) is 6.67. The van der Waals surface area contributed by atoms with Gasteiger partial charge in [0.2, 0.25) is 10.0 Å². The third-order valence-electron chi connectivity index (χ3n) is 4.66. The van der Waals surface area contributed by atoms with Gasteiger partial charge in [0.05, 0.1) is 5.25 Å².